The van der Waals surface area contributed by atoms with Crippen molar-refractivity contribution in [2.24, 2.45) is 11.8 Å². The summed E-state index contributed by atoms with van der Waals surface area (Å²) in [5, 5.41) is 0.623. The monoisotopic (exact) mass is 174 g/mol. The molecule has 0 bridgehead atoms. The zero-order valence-electron chi connectivity index (χ0n) is 8.30. The Morgan fingerprint density at radius 2 is 1.45 bits per heavy atom. The molecule has 0 aromatic rings. The maximum Gasteiger partial charge on any atom is 0.00193 e. The molecule has 0 N–H and O–H groups in total. The van der Waals surface area contributed by atoms with Crippen LogP contribution >= 0.6 is 12.6 Å². The zero-order valence-corrected chi connectivity index (χ0v) is 9.20. The van der Waals surface area contributed by atoms with E-state index in [1.54, 1.807) is 0 Å². The largest absolute Gasteiger partial charge is 0.176 e. The van der Waals surface area contributed by atoms with Crippen LogP contribution in [0, 0.1) is 11.8 Å². The van der Waals surface area contributed by atoms with E-state index in [1.807, 2.05) is 0 Å². The maximum absolute atomic E-state index is 4.54. The molecule has 0 saturated heterocycles. The molecule has 0 spiro atoms. The van der Waals surface area contributed by atoms with Gasteiger partial charge >= 0.3 is 0 Å². The van der Waals surface area contributed by atoms with E-state index in [9.17, 15) is 0 Å². The van der Waals surface area contributed by atoms with Crippen molar-refractivity contribution in [3.8, 4) is 0 Å². The summed E-state index contributed by atoms with van der Waals surface area (Å²) in [4.78, 5) is 0. The molecule has 0 aromatic carbocycles. The van der Waals surface area contributed by atoms with Gasteiger partial charge < -0.3 is 0 Å². The number of thiol groups is 1. The Bertz CT molecular complexity index is 86.9. The van der Waals surface area contributed by atoms with Crippen LogP contribution in [0.3, 0.4) is 0 Å². The standard InChI is InChI=1S/C10H22S/c1-8(2)5-6-10(11)7-9(3)4/h8-11H,5-7H2,1-4H3. The van der Waals surface area contributed by atoms with Gasteiger partial charge in [-0.25, -0.2) is 0 Å². The van der Waals surface area contributed by atoms with Gasteiger partial charge in [-0.05, 0) is 31.1 Å². The van der Waals surface area contributed by atoms with Crippen molar-refractivity contribution in [3.63, 3.8) is 0 Å². The van der Waals surface area contributed by atoms with Crippen molar-refractivity contribution in [1.82, 2.24) is 0 Å². The summed E-state index contributed by atoms with van der Waals surface area (Å²) in [6.45, 7) is 9.07. The Hall–Kier alpha value is 0.350. The van der Waals surface area contributed by atoms with Crippen LogP contribution in [-0.2, 0) is 0 Å². The minimum Gasteiger partial charge on any atom is -0.176 e. The van der Waals surface area contributed by atoms with Gasteiger partial charge in [0.15, 0.2) is 0 Å². The molecule has 0 fully saturated rings. The molecule has 0 rings (SSSR count). The van der Waals surface area contributed by atoms with Crippen LogP contribution in [0.15, 0.2) is 0 Å². The van der Waals surface area contributed by atoms with E-state index in [2.05, 4.69) is 40.3 Å². The predicted octanol–water partition coefficient (Wildman–Crippen LogP) is 3.77. The molecular formula is C10H22S. The third-order valence-electron chi connectivity index (χ3n) is 1.82. The summed E-state index contributed by atoms with van der Waals surface area (Å²) in [6, 6.07) is 0. The van der Waals surface area contributed by atoms with Crippen molar-refractivity contribution in [3.05, 3.63) is 0 Å². The molecule has 0 saturated carbocycles. The minimum atomic E-state index is 0.623. The number of hydrogen-bond acceptors (Lipinski definition) is 1. The quantitative estimate of drug-likeness (QED) is 0.603. The fourth-order valence-corrected chi connectivity index (χ4v) is 1.76. The molecule has 0 nitrogen and oxygen atoms in total. The summed E-state index contributed by atoms with van der Waals surface area (Å²) in [5.74, 6) is 1.63. The van der Waals surface area contributed by atoms with E-state index < -0.39 is 0 Å². The van der Waals surface area contributed by atoms with Crippen LogP contribution in [0.2, 0.25) is 0 Å². The Morgan fingerprint density at radius 3 is 1.82 bits per heavy atom. The van der Waals surface area contributed by atoms with E-state index in [0.717, 1.165) is 11.8 Å². The van der Waals surface area contributed by atoms with Gasteiger partial charge in [0.05, 0.1) is 0 Å². The summed E-state index contributed by atoms with van der Waals surface area (Å²) < 4.78 is 0. The first-order valence-electron chi connectivity index (χ1n) is 4.70. The van der Waals surface area contributed by atoms with Crippen molar-refractivity contribution in [2.45, 2.75) is 52.2 Å². The lowest BCUT2D eigenvalue weighted by Gasteiger charge is -2.13. The SMILES string of the molecule is CC(C)CCC(S)CC(C)C. The molecule has 68 valence electrons. The fraction of sp³-hybridized carbons (Fsp3) is 1.00. The highest BCUT2D eigenvalue weighted by Crippen LogP contribution is 2.17. The minimum absolute atomic E-state index is 0.623. The molecule has 0 heterocycles. The van der Waals surface area contributed by atoms with Crippen LogP contribution in [0.1, 0.15) is 47.0 Å². The first-order chi connectivity index (χ1) is 5.02. The van der Waals surface area contributed by atoms with Crippen LogP contribution in [-0.4, -0.2) is 5.25 Å². The molecule has 0 aliphatic rings. The van der Waals surface area contributed by atoms with Crippen LogP contribution in [0.4, 0.5) is 0 Å². The molecule has 1 heteroatoms. The lowest BCUT2D eigenvalue weighted by atomic mass is 10.0. The fourth-order valence-electron chi connectivity index (χ4n) is 1.19. The summed E-state index contributed by atoms with van der Waals surface area (Å²) in [5.41, 5.74) is 0. The molecule has 0 aliphatic heterocycles. The predicted molar refractivity (Wildman–Crippen MR) is 56.3 cm³/mol. The van der Waals surface area contributed by atoms with Gasteiger partial charge in [0.25, 0.3) is 0 Å². The summed E-state index contributed by atoms with van der Waals surface area (Å²) in [6.07, 6.45) is 3.86. The van der Waals surface area contributed by atoms with Gasteiger partial charge in [-0.2, -0.15) is 12.6 Å². The van der Waals surface area contributed by atoms with E-state index in [1.165, 1.54) is 19.3 Å². The lowest BCUT2D eigenvalue weighted by molar-refractivity contribution is 0.495. The second-order valence-electron chi connectivity index (χ2n) is 4.25. The summed E-state index contributed by atoms with van der Waals surface area (Å²) in [7, 11) is 0. The van der Waals surface area contributed by atoms with Crippen LogP contribution < -0.4 is 0 Å². The Balaban J connectivity index is 3.29. The van der Waals surface area contributed by atoms with E-state index in [0.29, 0.717) is 5.25 Å². The van der Waals surface area contributed by atoms with Gasteiger partial charge in [0.1, 0.15) is 0 Å². The van der Waals surface area contributed by atoms with Crippen molar-refractivity contribution in [1.29, 1.82) is 0 Å². The molecule has 11 heavy (non-hydrogen) atoms. The van der Waals surface area contributed by atoms with Gasteiger partial charge in [0, 0.05) is 5.25 Å². The number of hydrogen-bond donors (Lipinski definition) is 1. The Morgan fingerprint density at radius 1 is 0.909 bits per heavy atom. The third kappa shape index (κ3) is 8.25. The zero-order chi connectivity index (χ0) is 8.85. The third-order valence-corrected chi connectivity index (χ3v) is 2.29. The molecule has 0 amide bonds. The van der Waals surface area contributed by atoms with Gasteiger partial charge in [-0.15, -0.1) is 0 Å². The number of rotatable bonds is 5. The van der Waals surface area contributed by atoms with Crippen molar-refractivity contribution < 1.29 is 0 Å². The average molecular weight is 174 g/mol. The maximum atomic E-state index is 4.54. The second kappa shape index (κ2) is 5.93. The van der Waals surface area contributed by atoms with Crippen molar-refractivity contribution >= 4 is 12.6 Å². The molecule has 1 atom stereocenters. The van der Waals surface area contributed by atoms with Gasteiger partial charge in [0.2, 0.25) is 0 Å². The molecular weight excluding hydrogens is 152 g/mol. The Labute approximate surface area is 77.2 Å². The average Bonchev–Trinajstić information content (AvgIpc) is 1.82. The van der Waals surface area contributed by atoms with Crippen LogP contribution in [0.5, 0.6) is 0 Å². The second-order valence-corrected chi connectivity index (χ2v) is 4.98. The normalized spacial score (nSPS) is 14.5. The smallest absolute Gasteiger partial charge is 0.00193 e. The first-order valence-corrected chi connectivity index (χ1v) is 5.22. The van der Waals surface area contributed by atoms with E-state index in [-0.39, 0.29) is 0 Å². The van der Waals surface area contributed by atoms with Gasteiger partial charge in [-0.3, -0.25) is 0 Å². The van der Waals surface area contributed by atoms with Crippen molar-refractivity contribution in [2.75, 3.05) is 0 Å². The van der Waals surface area contributed by atoms with E-state index in [4.69, 9.17) is 0 Å². The topological polar surface area (TPSA) is 0 Å². The molecule has 0 aliphatic carbocycles. The first kappa shape index (κ1) is 11.4. The van der Waals surface area contributed by atoms with Gasteiger partial charge in [-0.1, -0.05) is 27.7 Å². The van der Waals surface area contributed by atoms with E-state index >= 15 is 0 Å². The van der Waals surface area contributed by atoms with Crippen LogP contribution in [0.25, 0.3) is 0 Å². The lowest BCUT2D eigenvalue weighted by Crippen LogP contribution is -2.04. The molecule has 1 unspecified atom stereocenters. The Kier molecular flexibility index (Phi) is 6.12. The highest BCUT2D eigenvalue weighted by atomic mass is 32.1. The highest BCUT2D eigenvalue weighted by molar-refractivity contribution is 7.80. The summed E-state index contributed by atoms with van der Waals surface area (Å²) >= 11 is 4.54. The molecule has 0 radical (unpaired) electrons. The highest BCUT2D eigenvalue weighted by Gasteiger charge is 2.06. The molecule has 0 aromatic heterocycles.